The van der Waals surface area contributed by atoms with E-state index < -0.39 is 5.82 Å². The highest BCUT2D eigenvalue weighted by Crippen LogP contribution is 2.17. The van der Waals surface area contributed by atoms with Crippen LogP contribution in [0.5, 0.6) is 0 Å². The molecular formula is C9H10FN3. The van der Waals surface area contributed by atoms with Gasteiger partial charge in [-0.25, -0.2) is 9.40 Å². The minimum absolute atomic E-state index is 0.0381. The number of rotatable bonds is 2. The first-order chi connectivity index (χ1) is 6.15. The van der Waals surface area contributed by atoms with E-state index >= 15 is 0 Å². The van der Waals surface area contributed by atoms with E-state index in [1.807, 2.05) is 0 Å². The third kappa shape index (κ3) is 2.17. The maximum atomic E-state index is 13.0. The molecule has 0 radical (unpaired) electrons. The summed E-state index contributed by atoms with van der Waals surface area (Å²) >= 11 is 0. The molecule has 1 aromatic carbocycles. The molecule has 0 unspecified atom stereocenters. The van der Waals surface area contributed by atoms with Gasteiger partial charge >= 0.3 is 0 Å². The van der Waals surface area contributed by atoms with Crippen LogP contribution in [-0.2, 0) is 0 Å². The molecule has 0 spiro atoms. The molecule has 0 saturated carbocycles. The largest absolute Gasteiger partial charge is 0.318 e. The van der Waals surface area contributed by atoms with Crippen LogP contribution in [0.4, 0.5) is 10.1 Å². The lowest BCUT2D eigenvalue weighted by atomic mass is 10.2. The molecule has 0 amide bonds. The van der Waals surface area contributed by atoms with Crippen LogP contribution in [0.25, 0.3) is 0 Å². The van der Waals surface area contributed by atoms with Gasteiger partial charge in [0.1, 0.15) is 17.4 Å². The number of nitriles is 1. The first-order valence-electron chi connectivity index (χ1n) is 3.77. The third-order valence-electron chi connectivity index (χ3n) is 1.47. The van der Waals surface area contributed by atoms with Crippen molar-refractivity contribution in [2.24, 2.45) is 0 Å². The predicted molar refractivity (Wildman–Crippen MR) is 48.4 cm³/mol. The average molecular weight is 179 g/mol. The van der Waals surface area contributed by atoms with E-state index in [1.165, 1.54) is 6.07 Å². The Morgan fingerprint density at radius 3 is 2.69 bits per heavy atom. The van der Waals surface area contributed by atoms with Gasteiger partial charge in [0, 0.05) is 14.1 Å². The van der Waals surface area contributed by atoms with Crippen molar-refractivity contribution in [2.75, 3.05) is 19.5 Å². The van der Waals surface area contributed by atoms with Crippen LogP contribution < -0.4 is 5.43 Å². The van der Waals surface area contributed by atoms with E-state index in [-0.39, 0.29) is 5.56 Å². The predicted octanol–water partition coefficient (Wildman–Crippen LogP) is 1.59. The van der Waals surface area contributed by atoms with E-state index in [0.29, 0.717) is 5.69 Å². The Morgan fingerprint density at radius 2 is 2.15 bits per heavy atom. The van der Waals surface area contributed by atoms with Crippen molar-refractivity contribution in [3.8, 4) is 6.07 Å². The van der Waals surface area contributed by atoms with E-state index in [2.05, 4.69) is 5.43 Å². The summed E-state index contributed by atoms with van der Waals surface area (Å²) in [5.74, 6) is -0.505. The number of anilines is 1. The fraction of sp³-hybridized carbons (Fsp3) is 0.222. The molecular weight excluding hydrogens is 169 g/mol. The van der Waals surface area contributed by atoms with Gasteiger partial charge in [0.25, 0.3) is 0 Å². The van der Waals surface area contributed by atoms with Gasteiger partial charge in [-0.15, -0.1) is 0 Å². The second-order valence-electron chi connectivity index (χ2n) is 2.78. The van der Waals surface area contributed by atoms with Crippen molar-refractivity contribution in [1.29, 1.82) is 5.26 Å². The van der Waals surface area contributed by atoms with Crippen molar-refractivity contribution in [2.45, 2.75) is 0 Å². The molecule has 1 N–H and O–H groups in total. The highest BCUT2D eigenvalue weighted by Gasteiger charge is 2.06. The number of hydrogen-bond acceptors (Lipinski definition) is 3. The summed E-state index contributed by atoms with van der Waals surface area (Å²) < 4.78 is 13.0. The van der Waals surface area contributed by atoms with Crippen LogP contribution in [0.15, 0.2) is 18.2 Å². The van der Waals surface area contributed by atoms with Crippen LogP contribution in [0.2, 0.25) is 0 Å². The fourth-order valence-electron chi connectivity index (χ4n) is 0.972. The molecule has 0 aliphatic carbocycles. The summed E-state index contributed by atoms with van der Waals surface area (Å²) in [4.78, 5) is 0. The van der Waals surface area contributed by atoms with Gasteiger partial charge in [0.2, 0.25) is 0 Å². The van der Waals surface area contributed by atoms with Gasteiger partial charge < -0.3 is 5.43 Å². The molecule has 3 nitrogen and oxygen atoms in total. The molecule has 1 aromatic rings. The summed E-state index contributed by atoms with van der Waals surface area (Å²) in [7, 11) is 3.54. The van der Waals surface area contributed by atoms with Gasteiger partial charge in [-0.05, 0) is 12.1 Å². The molecule has 0 aromatic heterocycles. The van der Waals surface area contributed by atoms with Gasteiger partial charge in [0.15, 0.2) is 0 Å². The third-order valence-corrected chi connectivity index (χ3v) is 1.47. The molecule has 1 rings (SSSR count). The Labute approximate surface area is 76.4 Å². The smallest absolute Gasteiger partial charge is 0.143 e. The van der Waals surface area contributed by atoms with Crippen molar-refractivity contribution >= 4 is 5.69 Å². The number of hydrazine groups is 1. The number of halogens is 1. The van der Waals surface area contributed by atoms with Crippen LogP contribution in [0.3, 0.4) is 0 Å². The number of nitrogens with zero attached hydrogens (tertiary/aromatic N) is 2. The van der Waals surface area contributed by atoms with Crippen molar-refractivity contribution in [1.82, 2.24) is 5.01 Å². The molecule has 0 fully saturated rings. The zero-order valence-corrected chi connectivity index (χ0v) is 7.50. The number of benzene rings is 1. The maximum absolute atomic E-state index is 13.0. The Bertz CT molecular complexity index is 341. The monoisotopic (exact) mass is 179 g/mol. The van der Waals surface area contributed by atoms with Crippen LogP contribution in [0.1, 0.15) is 5.56 Å². The highest BCUT2D eigenvalue weighted by atomic mass is 19.1. The maximum Gasteiger partial charge on any atom is 0.143 e. The normalized spacial score (nSPS) is 9.77. The van der Waals surface area contributed by atoms with Crippen molar-refractivity contribution in [3.05, 3.63) is 29.6 Å². The molecule has 4 heteroatoms. The SMILES string of the molecule is CN(C)Nc1cccc(F)c1C#N. The summed E-state index contributed by atoms with van der Waals surface area (Å²) in [6.45, 7) is 0. The number of hydrogen-bond donors (Lipinski definition) is 1. The van der Waals surface area contributed by atoms with Crippen molar-refractivity contribution in [3.63, 3.8) is 0 Å². The summed E-state index contributed by atoms with van der Waals surface area (Å²) in [6.07, 6.45) is 0. The number of nitrogens with one attached hydrogen (secondary N) is 1. The summed E-state index contributed by atoms with van der Waals surface area (Å²) in [5, 5.41) is 10.3. The van der Waals surface area contributed by atoms with Crippen molar-refractivity contribution < 1.29 is 4.39 Å². The Balaban J connectivity index is 3.07. The Hall–Kier alpha value is -1.60. The Morgan fingerprint density at radius 1 is 1.46 bits per heavy atom. The Kier molecular flexibility index (Phi) is 2.83. The first kappa shape index (κ1) is 9.49. The fourth-order valence-corrected chi connectivity index (χ4v) is 0.972. The topological polar surface area (TPSA) is 39.1 Å². The quantitative estimate of drug-likeness (QED) is 0.700. The van der Waals surface area contributed by atoms with E-state index in [1.54, 1.807) is 37.3 Å². The lowest BCUT2D eigenvalue weighted by Crippen LogP contribution is -2.20. The zero-order valence-electron chi connectivity index (χ0n) is 7.50. The molecule has 0 aliphatic rings. The molecule has 68 valence electrons. The molecule has 0 heterocycles. The summed E-state index contributed by atoms with van der Waals surface area (Å²) in [6, 6.07) is 6.28. The first-order valence-corrected chi connectivity index (χ1v) is 3.77. The van der Waals surface area contributed by atoms with Gasteiger partial charge in [-0.3, -0.25) is 0 Å². The van der Waals surface area contributed by atoms with Gasteiger partial charge in [-0.2, -0.15) is 5.26 Å². The lowest BCUT2D eigenvalue weighted by molar-refractivity contribution is 0.494. The van der Waals surface area contributed by atoms with Gasteiger partial charge in [0.05, 0.1) is 5.69 Å². The molecule has 0 atom stereocenters. The second-order valence-corrected chi connectivity index (χ2v) is 2.78. The van der Waals surface area contributed by atoms with Crippen LogP contribution in [0, 0.1) is 17.1 Å². The molecule has 0 bridgehead atoms. The highest BCUT2D eigenvalue weighted by molar-refractivity contribution is 5.57. The van der Waals surface area contributed by atoms with E-state index in [0.717, 1.165) is 0 Å². The van der Waals surface area contributed by atoms with E-state index in [9.17, 15) is 4.39 Å². The molecule has 0 aliphatic heterocycles. The zero-order chi connectivity index (χ0) is 9.84. The minimum Gasteiger partial charge on any atom is -0.318 e. The minimum atomic E-state index is -0.505. The van der Waals surface area contributed by atoms with Gasteiger partial charge in [-0.1, -0.05) is 6.07 Å². The molecule has 13 heavy (non-hydrogen) atoms. The lowest BCUT2D eigenvalue weighted by Gasteiger charge is -2.14. The van der Waals surface area contributed by atoms with E-state index in [4.69, 9.17) is 5.26 Å². The standard InChI is InChI=1S/C9H10FN3/c1-13(2)12-9-5-3-4-8(10)7(9)6-11/h3-5,12H,1-2H3. The van der Waals surface area contributed by atoms with Crippen LogP contribution in [-0.4, -0.2) is 19.1 Å². The average Bonchev–Trinajstić information content (AvgIpc) is 2.03. The summed E-state index contributed by atoms with van der Waals surface area (Å²) in [5.41, 5.74) is 3.35. The van der Waals surface area contributed by atoms with Crippen LogP contribution >= 0.6 is 0 Å². The molecule has 0 saturated heterocycles. The second kappa shape index (κ2) is 3.87.